The van der Waals surface area contributed by atoms with Gasteiger partial charge in [-0.15, -0.1) is 0 Å². The van der Waals surface area contributed by atoms with Crippen molar-refractivity contribution >= 4 is 11.9 Å². The third-order valence-corrected chi connectivity index (χ3v) is 4.04. The first-order chi connectivity index (χ1) is 12.0. The Bertz CT molecular complexity index is 577. The van der Waals surface area contributed by atoms with Crippen LogP contribution in [0.15, 0.2) is 30.3 Å². The maximum atomic E-state index is 12.7. The van der Waals surface area contributed by atoms with Gasteiger partial charge in [0.05, 0.1) is 6.04 Å². The first kappa shape index (κ1) is 22.2. The second-order valence-corrected chi connectivity index (χ2v) is 8.38. The zero-order chi connectivity index (χ0) is 19.9. The van der Waals surface area contributed by atoms with Gasteiger partial charge in [-0.1, -0.05) is 44.2 Å². The number of amides is 1. The average molecular weight is 363 g/mol. The molecule has 26 heavy (non-hydrogen) atoms. The molecule has 0 aromatic heterocycles. The van der Waals surface area contributed by atoms with E-state index in [9.17, 15) is 9.59 Å². The Labute approximate surface area is 157 Å². The second-order valence-electron chi connectivity index (χ2n) is 8.38. The van der Waals surface area contributed by atoms with Gasteiger partial charge in [0, 0.05) is 18.4 Å². The van der Waals surface area contributed by atoms with Gasteiger partial charge in [-0.2, -0.15) is 0 Å². The van der Waals surface area contributed by atoms with Crippen LogP contribution in [-0.4, -0.2) is 29.6 Å². The Kier molecular flexibility index (Phi) is 8.28. The highest BCUT2D eigenvalue weighted by Gasteiger charge is 2.29. The van der Waals surface area contributed by atoms with Crippen LogP contribution in [0.2, 0.25) is 0 Å². The molecule has 3 atom stereocenters. The number of alkyl carbamates (subject to hydrolysis) is 1. The summed E-state index contributed by atoms with van der Waals surface area (Å²) in [4.78, 5) is 25.0. The van der Waals surface area contributed by atoms with Crippen molar-refractivity contribution in [3.8, 4) is 0 Å². The van der Waals surface area contributed by atoms with Crippen molar-refractivity contribution in [1.29, 1.82) is 0 Å². The van der Waals surface area contributed by atoms with Gasteiger partial charge in [0.15, 0.2) is 5.78 Å². The van der Waals surface area contributed by atoms with E-state index in [2.05, 4.69) is 5.32 Å². The predicted octanol–water partition coefficient (Wildman–Crippen LogP) is 4.02. The molecule has 0 saturated carbocycles. The highest BCUT2D eigenvalue weighted by atomic mass is 16.6. The van der Waals surface area contributed by atoms with E-state index >= 15 is 0 Å². The number of ketones is 1. The summed E-state index contributed by atoms with van der Waals surface area (Å²) in [5.74, 6) is 0.190. The van der Waals surface area contributed by atoms with Crippen LogP contribution in [-0.2, 0) is 9.53 Å². The van der Waals surface area contributed by atoms with Crippen molar-refractivity contribution in [2.45, 2.75) is 78.0 Å². The number of ether oxygens (including phenoxy) is 1. The highest BCUT2D eigenvalue weighted by molar-refractivity contribution is 5.87. The van der Waals surface area contributed by atoms with Crippen molar-refractivity contribution in [1.82, 2.24) is 5.32 Å². The lowest BCUT2D eigenvalue weighted by Crippen LogP contribution is -2.45. The van der Waals surface area contributed by atoms with E-state index in [1.807, 2.05) is 51.1 Å². The molecule has 146 valence electrons. The first-order valence-electron chi connectivity index (χ1n) is 9.32. The van der Waals surface area contributed by atoms with Crippen molar-refractivity contribution in [2.75, 3.05) is 0 Å². The maximum Gasteiger partial charge on any atom is 0.408 e. The number of nitrogens with two attached hydrogens (primary N) is 1. The minimum Gasteiger partial charge on any atom is -0.444 e. The molecule has 3 N–H and O–H groups in total. The molecular weight excluding hydrogens is 328 g/mol. The minimum atomic E-state index is -0.622. The number of hydrogen-bond acceptors (Lipinski definition) is 4. The summed E-state index contributed by atoms with van der Waals surface area (Å²) in [6.07, 6.45) is 0.282. The lowest BCUT2D eigenvalue weighted by molar-refractivity contribution is -0.122. The first-order valence-corrected chi connectivity index (χ1v) is 9.32. The fraction of sp³-hybridized carbons (Fsp3) is 0.619. The number of Topliss-reactive ketones (excluding diaryl/α,β-unsaturated/α-hetero) is 1. The number of hydrogen-bond donors (Lipinski definition) is 2. The van der Waals surface area contributed by atoms with E-state index < -0.39 is 17.7 Å². The van der Waals surface area contributed by atoms with Gasteiger partial charge < -0.3 is 15.8 Å². The molecule has 1 aromatic carbocycles. The molecule has 0 radical (unpaired) electrons. The van der Waals surface area contributed by atoms with Crippen molar-refractivity contribution < 1.29 is 14.3 Å². The van der Waals surface area contributed by atoms with Gasteiger partial charge in [-0.3, -0.25) is 4.79 Å². The van der Waals surface area contributed by atoms with Crippen molar-refractivity contribution in [3.05, 3.63) is 35.9 Å². The highest BCUT2D eigenvalue weighted by Crippen LogP contribution is 2.25. The number of rotatable bonds is 8. The standard InChI is InChI=1S/C21H34N2O3/c1-14(2)12-19(24)18(23-20(25)26-21(4,5)6)13-17(15(3)22)16-10-8-7-9-11-16/h7-11,14-15,17-18H,12-13,22H2,1-6H3,(H,23,25). The average Bonchev–Trinajstić information content (AvgIpc) is 2.49. The molecule has 0 aliphatic heterocycles. The Hall–Kier alpha value is -1.88. The molecular formula is C21H34N2O3. The van der Waals surface area contributed by atoms with Crippen LogP contribution >= 0.6 is 0 Å². The van der Waals surface area contributed by atoms with Crippen LogP contribution in [0.5, 0.6) is 0 Å². The molecule has 0 aliphatic rings. The monoisotopic (exact) mass is 362 g/mol. The van der Waals surface area contributed by atoms with Gasteiger partial charge in [0.2, 0.25) is 0 Å². The number of carbonyl (C=O) groups excluding carboxylic acids is 2. The van der Waals surface area contributed by atoms with Crippen molar-refractivity contribution in [2.24, 2.45) is 11.7 Å². The molecule has 1 rings (SSSR count). The molecule has 5 heteroatoms. The fourth-order valence-electron chi connectivity index (χ4n) is 2.87. The Morgan fingerprint density at radius 1 is 1.12 bits per heavy atom. The summed E-state index contributed by atoms with van der Waals surface area (Å²) in [5, 5.41) is 2.77. The summed E-state index contributed by atoms with van der Waals surface area (Å²) in [6.45, 7) is 11.3. The lowest BCUT2D eigenvalue weighted by Gasteiger charge is -2.28. The Morgan fingerprint density at radius 3 is 2.15 bits per heavy atom. The molecule has 1 amide bonds. The van der Waals surface area contributed by atoms with Crippen LogP contribution in [0.4, 0.5) is 4.79 Å². The van der Waals surface area contributed by atoms with Crippen LogP contribution in [0.3, 0.4) is 0 Å². The van der Waals surface area contributed by atoms with Crippen LogP contribution in [0.25, 0.3) is 0 Å². The van der Waals surface area contributed by atoms with E-state index in [1.54, 1.807) is 20.8 Å². The van der Waals surface area contributed by atoms with Crippen LogP contribution in [0, 0.1) is 5.92 Å². The molecule has 0 fully saturated rings. The second kappa shape index (κ2) is 9.72. The molecule has 1 aromatic rings. The largest absolute Gasteiger partial charge is 0.444 e. The van der Waals surface area contributed by atoms with Gasteiger partial charge in [0.25, 0.3) is 0 Å². The fourth-order valence-corrected chi connectivity index (χ4v) is 2.87. The summed E-state index contributed by atoms with van der Waals surface area (Å²) >= 11 is 0. The van der Waals surface area contributed by atoms with Gasteiger partial charge in [-0.05, 0) is 45.6 Å². The van der Waals surface area contributed by atoms with E-state index in [4.69, 9.17) is 10.5 Å². The molecule has 0 saturated heterocycles. The van der Waals surface area contributed by atoms with E-state index in [0.29, 0.717) is 12.8 Å². The van der Waals surface area contributed by atoms with Crippen molar-refractivity contribution in [3.63, 3.8) is 0 Å². The third kappa shape index (κ3) is 8.00. The number of carbonyl (C=O) groups is 2. The third-order valence-electron chi connectivity index (χ3n) is 4.04. The summed E-state index contributed by atoms with van der Waals surface area (Å²) < 4.78 is 5.34. The molecule has 0 bridgehead atoms. The minimum absolute atomic E-state index is 0.00689. The Balaban J connectivity index is 2.98. The van der Waals surface area contributed by atoms with Gasteiger partial charge in [-0.25, -0.2) is 4.79 Å². The zero-order valence-corrected chi connectivity index (χ0v) is 16.9. The molecule has 0 spiro atoms. The zero-order valence-electron chi connectivity index (χ0n) is 16.9. The van der Waals surface area contributed by atoms with Gasteiger partial charge in [0.1, 0.15) is 5.60 Å². The molecule has 3 unspecified atom stereocenters. The van der Waals surface area contributed by atoms with Crippen LogP contribution < -0.4 is 11.1 Å². The lowest BCUT2D eigenvalue weighted by atomic mass is 9.85. The summed E-state index contributed by atoms with van der Waals surface area (Å²) in [5.41, 5.74) is 6.65. The predicted molar refractivity (Wildman–Crippen MR) is 105 cm³/mol. The quantitative estimate of drug-likeness (QED) is 0.732. The number of benzene rings is 1. The normalized spacial score (nSPS) is 15.2. The van der Waals surface area contributed by atoms with E-state index in [0.717, 1.165) is 5.56 Å². The number of nitrogens with one attached hydrogen (secondary N) is 1. The van der Waals surface area contributed by atoms with Gasteiger partial charge >= 0.3 is 6.09 Å². The molecule has 0 heterocycles. The van der Waals surface area contributed by atoms with E-state index in [-0.39, 0.29) is 23.7 Å². The Morgan fingerprint density at radius 2 is 1.69 bits per heavy atom. The topological polar surface area (TPSA) is 81.4 Å². The molecule has 0 aliphatic carbocycles. The van der Waals surface area contributed by atoms with Crippen LogP contribution in [0.1, 0.15) is 65.9 Å². The molecule has 5 nitrogen and oxygen atoms in total. The van der Waals surface area contributed by atoms with E-state index in [1.165, 1.54) is 0 Å². The summed E-state index contributed by atoms with van der Waals surface area (Å²) in [6, 6.07) is 9.10. The SMILES string of the molecule is CC(C)CC(=O)C(CC(c1ccccc1)C(C)N)NC(=O)OC(C)(C)C. The smallest absolute Gasteiger partial charge is 0.408 e. The summed E-state index contributed by atoms with van der Waals surface area (Å²) in [7, 11) is 0. The maximum absolute atomic E-state index is 12.7.